The van der Waals surface area contributed by atoms with Crippen LogP contribution in [0.1, 0.15) is 31.7 Å². The van der Waals surface area contributed by atoms with E-state index in [2.05, 4.69) is 20.2 Å². The van der Waals surface area contributed by atoms with Crippen molar-refractivity contribution in [3.8, 4) is 0 Å². The van der Waals surface area contributed by atoms with E-state index in [-0.39, 0.29) is 16.5 Å². The van der Waals surface area contributed by atoms with Gasteiger partial charge in [0.2, 0.25) is 5.91 Å². The average molecular weight is 401 g/mol. The average Bonchev–Trinajstić information content (AvgIpc) is 2.68. The van der Waals surface area contributed by atoms with E-state index in [1.807, 2.05) is 0 Å². The number of aromatic amines is 1. The van der Waals surface area contributed by atoms with Crippen molar-refractivity contribution < 1.29 is 4.79 Å². The Hall–Kier alpha value is -2.65. The SMILES string of the molecule is C[C@@H](N)C(=O)Nc1cccc(C(=N)Sc2nc(N3CCCCC3)cc(=O)[nH]2)c1. The lowest BCUT2D eigenvalue weighted by molar-refractivity contribution is -0.117. The highest BCUT2D eigenvalue weighted by atomic mass is 32.2. The number of amides is 1. The van der Waals surface area contributed by atoms with Crippen LogP contribution in [0.5, 0.6) is 0 Å². The molecule has 1 aromatic carbocycles. The number of H-pyrrole nitrogens is 1. The Morgan fingerprint density at radius 1 is 1.32 bits per heavy atom. The molecule has 0 radical (unpaired) electrons. The van der Waals surface area contributed by atoms with Gasteiger partial charge in [-0.05, 0) is 50.1 Å². The summed E-state index contributed by atoms with van der Waals surface area (Å²) >= 11 is 1.08. The smallest absolute Gasteiger partial charge is 0.253 e. The van der Waals surface area contributed by atoms with E-state index in [1.54, 1.807) is 31.2 Å². The van der Waals surface area contributed by atoms with Gasteiger partial charge < -0.3 is 20.9 Å². The van der Waals surface area contributed by atoms with Gasteiger partial charge in [0, 0.05) is 30.4 Å². The Labute approximate surface area is 167 Å². The highest BCUT2D eigenvalue weighted by molar-refractivity contribution is 8.14. The summed E-state index contributed by atoms with van der Waals surface area (Å²) in [5.74, 6) is 0.355. The summed E-state index contributed by atoms with van der Waals surface area (Å²) in [6.07, 6.45) is 3.38. The molecule has 9 heteroatoms. The largest absolute Gasteiger partial charge is 0.356 e. The number of anilines is 2. The van der Waals surface area contributed by atoms with Gasteiger partial charge in [-0.1, -0.05) is 12.1 Å². The number of hydrogen-bond acceptors (Lipinski definition) is 7. The van der Waals surface area contributed by atoms with Crippen LogP contribution in [-0.4, -0.2) is 40.1 Å². The fourth-order valence-electron chi connectivity index (χ4n) is 2.91. The maximum absolute atomic E-state index is 12.0. The number of hydrogen-bond donors (Lipinski definition) is 4. The molecule has 0 spiro atoms. The van der Waals surface area contributed by atoms with Gasteiger partial charge in [0.25, 0.3) is 5.56 Å². The molecule has 5 N–H and O–H groups in total. The third kappa shape index (κ3) is 5.20. The molecule has 1 aliphatic heterocycles. The van der Waals surface area contributed by atoms with Gasteiger partial charge in [-0.3, -0.25) is 15.0 Å². The molecular weight excluding hydrogens is 376 g/mol. The van der Waals surface area contributed by atoms with Crippen molar-refractivity contribution in [3.63, 3.8) is 0 Å². The van der Waals surface area contributed by atoms with E-state index in [9.17, 15) is 9.59 Å². The van der Waals surface area contributed by atoms with Crippen molar-refractivity contribution >= 4 is 34.2 Å². The molecule has 0 bridgehead atoms. The van der Waals surface area contributed by atoms with Crippen LogP contribution in [0.3, 0.4) is 0 Å². The van der Waals surface area contributed by atoms with E-state index < -0.39 is 6.04 Å². The van der Waals surface area contributed by atoms with Crippen molar-refractivity contribution in [1.29, 1.82) is 5.41 Å². The van der Waals surface area contributed by atoms with Gasteiger partial charge in [-0.15, -0.1) is 0 Å². The van der Waals surface area contributed by atoms with Crippen LogP contribution >= 0.6 is 11.8 Å². The Bertz CT molecular complexity index is 921. The zero-order valence-corrected chi connectivity index (χ0v) is 16.5. The number of nitrogens with one attached hydrogen (secondary N) is 3. The molecule has 1 amide bonds. The predicted octanol–water partition coefficient (Wildman–Crippen LogP) is 2.16. The summed E-state index contributed by atoms with van der Waals surface area (Å²) in [6.45, 7) is 3.38. The lowest BCUT2D eigenvalue weighted by atomic mass is 10.1. The van der Waals surface area contributed by atoms with Crippen LogP contribution in [0.2, 0.25) is 0 Å². The molecule has 1 saturated heterocycles. The molecule has 0 saturated carbocycles. The molecule has 28 heavy (non-hydrogen) atoms. The minimum Gasteiger partial charge on any atom is -0.356 e. The standard InChI is InChI=1S/C19H24N6O2S/c1-12(20)18(27)22-14-7-5-6-13(10-14)17(21)28-19-23-15(11-16(26)24-19)25-8-3-2-4-9-25/h5-7,10-12,21H,2-4,8-9,20H2,1H3,(H,22,27)(H,23,24,26)/t12-/m1/s1. The first kappa shape index (κ1) is 20.1. The number of carbonyl (C=O) groups is 1. The third-order valence-electron chi connectivity index (χ3n) is 4.39. The topological polar surface area (TPSA) is 128 Å². The second-order valence-electron chi connectivity index (χ2n) is 6.75. The monoisotopic (exact) mass is 400 g/mol. The predicted molar refractivity (Wildman–Crippen MR) is 112 cm³/mol. The minimum absolute atomic E-state index is 0.218. The number of piperidine rings is 1. The molecule has 2 aromatic rings. The van der Waals surface area contributed by atoms with Crippen molar-refractivity contribution in [2.75, 3.05) is 23.3 Å². The van der Waals surface area contributed by atoms with Gasteiger partial charge in [-0.25, -0.2) is 4.98 Å². The number of carbonyl (C=O) groups excluding carboxylic acids is 1. The Morgan fingerprint density at radius 3 is 2.79 bits per heavy atom. The van der Waals surface area contributed by atoms with Crippen LogP contribution in [0, 0.1) is 5.41 Å². The normalized spacial score (nSPS) is 15.1. The summed E-state index contributed by atoms with van der Waals surface area (Å²) in [5, 5.41) is 11.7. The van der Waals surface area contributed by atoms with Gasteiger partial charge in [-0.2, -0.15) is 0 Å². The number of benzene rings is 1. The van der Waals surface area contributed by atoms with Crippen molar-refractivity contribution in [1.82, 2.24) is 9.97 Å². The number of thioether (sulfide) groups is 1. The first-order valence-electron chi connectivity index (χ1n) is 9.22. The number of nitrogens with zero attached hydrogens (tertiary/aromatic N) is 2. The maximum Gasteiger partial charge on any atom is 0.253 e. The Kier molecular flexibility index (Phi) is 6.48. The van der Waals surface area contributed by atoms with Crippen molar-refractivity contribution in [2.45, 2.75) is 37.4 Å². The van der Waals surface area contributed by atoms with Gasteiger partial charge in [0.15, 0.2) is 5.16 Å². The molecular formula is C19H24N6O2S. The van der Waals surface area contributed by atoms with Crippen LogP contribution in [0.4, 0.5) is 11.5 Å². The first-order chi connectivity index (χ1) is 13.4. The number of nitrogens with two attached hydrogens (primary N) is 1. The number of aromatic nitrogens is 2. The highest BCUT2D eigenvalue weighted by Crippen LogP contribution is 2.23. The second kappa shape index (κ2) is 9.03. The quantitative estimate of drug-likeness (QED) is 0.264. The van der Waals surface area contributed by atoms with Gasteiger partial charge >= 0.3 is 0 Å². The van der Waals surface area contributed by atoms with E-state index in [4.69, 9.17) is 11.1 Å². The second-order valence-corrected chi connectivity index (χ2v) is 7.75. The van der Waals surface area contributed by atoms with Gasteiger partial charge in [0.05, 0.1) is 6.04 Å². The summed E-state index contributed by atoms with van der Waals surface area (Å²) in [6, 6.07) is 7.83. The lowest BCUT2D eigenvalue weighted by Crippen LogP contribution is -2.32. The molecule has 3 rings (SSSR count). The van der Waals surface area contributed by atoms with Crippen LogP contribution < -0.4 is 21.5 Å². The molecule has 8 nitrogen and oxygen atoms in total. The molecule has 0 unspecified atom stereocenters. The molecule has 1 atom stereocenters. The Balaban J connectivity index is 1.75. The minimum atomic E-state index is -0.621. The van der Waals surface area contributed by atoms with E-state index in [0.717, 1.165) is 37.7 Å². The molecule has 1 aliphatic rings. The zero-order chi connectivity index (χ0) is 20.1. The van der Waals surface area contributed by atoms with Crippen LogP contribution in [0.25, 0.3) is 0 Å². The molecule has 1 aromatic heterocycles. The molecule has 1 fully saturated rings. The summed E-state index contributed by atoms with van der Waals surface area (Å²) < 4.78 is 0. The third-order valence-corrected chi connectivity index (χ3v) is 5.22. The summed E-state index contributed by atoms with van der Waals surface area (Å²) in [4.78, 5) is 33.1. The van der Waals surface area contributed by atoms with Crippen molar-refractivity contribution in [3.05, 3.63) is 46.2 Å². The zero-order valence-electron chi connectivity index (χ0n) is 15.7. The van der Waals surface area contributed by atoms with E-state index in [0.29, 0.717) is 22.2 Å². The maximum atomic E-state index is 12.0. The summed E-state index contributed by atoms with van der Waals surface area (Å²) in [5.41, 5.74) is 6.51. The van der Waals surface area contributed by atoms with Gasteiger partial charge in [0.1, 0.15) is 10.9 Å². The van der Waals surface area contributed by atoms with Crippen LogP contribution in [-0.2, 0) is 4.79 Å². The van der Waals surface area contributed by atoms with E-state index >= 15 is 0 Å². The molecule has 0 aliphatic carbocycles. The first-order valence-corrected chi connectivity index (χ1v) is 10.0. The summed E-state index contributed by atoms with van der Waals surface area (Å²) in [7, 11) is 0. The highest BCUT2D eigenvalue weighted by Gasteiger charge is 2.15. The van der Waals surface area contributed by atoms with E-state index in [1.165, 1.54) is 12.5 Å². The lowest BCUT2D eigenvalue weighted by Gasteiger charge is -2.27. The van der Waals surface area contributed by atoms with Crippen molar-refractivity contribution in [2.24, 2.45) is 5.73 Å². The fraction of sp³-hybridized carbons (Fsp3) is 0.368. The molecule has 148 valence electrons. The Morgan fingerprint density at radius 2 is 2.07 bits per heavy atom. The fourth-order valence-corrected chi connectivity index (χ4v) is 3.64. The van der Waals surface area contributed by atoms with Crippen LogP contribution in [0.15, 0.2) is 40.3 Å². The number of rotatable bonds is 5. The molecule has 2 heterocycles.